The van der Waals surface area contributed by atoms with Crippen molar-refractivity contribution in [2.75, 3.05) is 17.7 Å². The molecule has 23 heavy (non-hydrogen) atoms. The second-order valence-corrected chi connectivity index (χ2v) is 4.73. The molecule has 0 aliphatic rings. The van der Waals surface area contributed by atoms with Gasteiger partial charge in [-0.15, -0.1) is 0 Å². The number of ether oxygens (including phenoxy) is 1. The maximum absolute atomic E-state index is 12.3. The summed E-state index contributed by atoms with van der Waals surface area (Å²) >= 11 is 5.73. The van der Waals surface area contributed by atoms with Crippen LogP contribution in [0.1, 0.15) is 10.5 Å². The number of rotatable bonds is 4. The molecule has 6 nitrogen and oxygen atoms in total. The van der Waals surface area contributed by atoms with Gasteiger partial charge in [0.05, 0.1) is 5.69 Å². The Balaban J connectivity index is 2.22. The largest absolute Gasteiger partial charge is 0.482 e. The lowest BCUT2D eigenvalue weighted by Gasteiger charge is -2.14. The SMILES string of the molecule is Nc1nccnc1C(=O)Nc1ccc(Cl)cc1OCC(F)(F)F. The second kappa shape index (κ2) is 6.69. The van der Waals surface area contributed by atoms with E-state index in [0.717, 1.165) is 6.07 Å². The summed E-state index contributed by atoms with van der Waals surface area (Å²) in [5.41, 5.74) is 5.35. The highest BCUT2D eigenvalue weighted by atomic mass is 35.5. The van der Waals surface area contributed by atoms with E-state index in [0.29, 0.717) is 0 Å². The third-order valence-electron chi connectivity index (χ3n) is 2.52. The number of anilines is 2. The summed E-state index contributed by atoms with van der Waals surface area (Å²) in [6.07, 6.45) is -1.97. The van der Waals surface area contributed by atoms with Crippen molar-refractivity contribution in [2.45, 2.75) is 6.18 Å². The summed E-state index contributed by atoms with van der Waals surface area (Å²) in [6.45, 7) is -1.52. The van der Waals surface area contributed by atoms with E-state index in [4.69, 9.17) is 17.3 Å². The van der Waals surface area contributed by atoms with Gasteiger partial charge in [0.25, 0.3) is 5.91 Å². The lowest BCUT2D eigenvalue weighted by atomic mass is 10.2. The molecule has 3 N–H and O–H groups in total. The Labute approximate surface area is 133 Å². The van der Waals surface area contributed by atoms with Crippen molar-refractivity contribution in [1.82, 2.24) is 9.97 Å². The van der Waals surface area contributed by atoms with Crippen LogP contribution in [0.25, 0.3) is 0 Å². The third kappa shape index (κ3) is 4.71. The van der Waals surface area contributed by atoms with Crippen LogP contribution in [-0.4, -0.2) is 28.7 Å². The number of nitrogens with zero attached hydrogens (tertiary/aromatic N) is 2. The predicted molar refractivity (Wildman–Crippen MR) is 77.4 cm³/mol. The lowest BCUT2D eigenvalue weighted by Crippen LogP contribution is -2.21. The molecule has 0 saturated heterocycles. The van der Waals surface area contributed by atoms with E-state index in [9.17, 15) is 18.0 Å². The molecule has 10 heteroatoms. The first-order valence-corrected chi connectivity index (χ1v) is 6.51. The van der Waals surface area contributed by atoms with Gasteiger partial charge < -0.3 is 15.8 Å². The van der Waals surface area contributed by atoms with Gasteiger partial charge in [-0.3, -0.25) is 4.79 Å². The van der Waals surface area contributed by atoms with Crippen LogP contribution in [0.3, 0.4) is 0 Å². The molecular formula is C13H10ClF3N4O2. The van der Waals surface area contributed by atoms with E-state index in [2.05, 4.69) is 20.0 Å². The van der Waals surface area contributed by atoms with Crippen LogP contribution in [-0.2, 0) is 0 Å². The maximum Gasteiger partial charge on any atom is 0.422 e. The average molecular weight is 347 g/mol. The Hall–Kier alpha value is -2.55. The molecule has 0 aliphatic heterocycles. The van der Waals surface area contributed by atoms with Crippen molar-refractivity contribution in [3.8, 4) is 5.75 Å². The average Bonchev–Trinajstić information content (AvgIpc) is 2.47. The van der Waals surface area contributed by atoms with Gasteiger partial charge >= 0.3 is 6.18 Å². The van der Waals surface area contributed by atoms with Gasteiger partial charge in [-0.25, -0.2) is 9.97 Å². The first-order chi connectivity index (χ1) is 10.8. The number of alkyl halides is 3. The molecular weight excluding hydrogens is 337 g/mol. The molecule has 1 aromatic heterocycles. The fourth-order valence-corrected chi connectivity index (χ4v) is 1.75. The first kappa shape index (κ1) is 16.8. The summed E-state index contributed by atoms with van der Waals surface area (Å²) in [4.78, 5) is 19.5. The standard InChI is InChI=1S/C13H10ClF3N4O2/c14-7-1-2-8(9(5-7)23-6-13(15,16)17)21-12(22)10-11(18)20-4-3-19-10/h1-5H,6H2,(H2,18,20)(H,21,22). The molecule has 2 aromatic rings. The van der Waals surface area contributed by atoms with Crippen molar-refractivity contribution in [3.05, 3.63) is 41.3 Å². The number of hydrogen-bond donors (Lipinski definition) is 2. The lowest BCUT2D eigenvalue weighted by molar-refractivity contribution is -0.153. The molecule has 122 valence electrons. The smallest absolute Gasteiger partial charge is 0.422 e. The zero-order valence-electron chi connectivity index (χ0n) is 11.4. The summed E-state index contributed by atoms with van der Waals surface area (Å²) in [6, 6.07) is 3.85. The molecule has 1 aromatic carbocycles. The summed E-state index contributed by atoms with van der Waals surface area (Å²) in [5, 5.41) is 2.51. The number of halogens is 4. The van der Waals surface area contributed by atoms with E-state index < -0.39 is 18.7 Å². The Morgan fingerprint density at radius 1 is 1.30 bits per heavy atom. The minimum absolute atomic E-state index is 0.00583. The normalized spacial score (nSPS) is 11.1. The van der Waals surface area contributed by atoms with Gasteiger partial charge in [0, 0.05) is 23.5 Å². The number of carbonyl (C=O) groups is 1. The molecule has 0 spiro atoms. The molecule has 0 bridgehead atoms. The molecule has 1 amide bonds. The number of aromatic nitrogens is 2. The van der Waals surface area contributed by atoms with Crippen LogP contribution in [0.15, 0.2) is 30.6 Å². The van der Waals surface area contributed by atoms with Gasteiger partial charge in [-0.1, -0.05) is 11.6 Å². The fraction of sp³-hybridized carbons (Fsp3) is 0.154. The van der Waals surface area contributed by atoms with Gasteiger partial charge in [-0.05, 0) is 12.1 Å². The monoisotopic (exact) mass is 346 g/mol. The molecule has 0 aliphatic carbocycles. The minimum Gasteiger partial charge on any atom is -0.482 e. The highest BCUT2D eigenvalue weighted by molar-refractivity contribution is 6.30. The molecule has 0 radical (unpaired) electrons. The molecule has 0 fully saturated rings. The summed E-state index contributed by atoms with van der Waals surface area (Å²) in [5.74, 6) is -1.09. The van der Waals surface area contributed by atoms with Crippen molar-refractivity contribution in [1.29, 1.82) is 0 Å². The Morgan fingerprint density at radius 3 is 2.65 bits per heavy atom. The number of amides is 1. The number of hydrogen-bond acceptors (Lipinski definition) is 5. The van der Waals surface area contributed by atoms with Crippen molar-refractivity contribution in [2.24, 2.45) is 0 Å². The highest BCUT2D eigenvalue weighted by Crippen LogP contribution is 2.30. The van der Waals surface area contributed by atoms with Crippen LogP contribution >= 0.6 is 11.6 Å². The van der Waals surface area contributed by atoms with E-state index in [1.54, 1.807) is 0 Å². The predicted octanol–water partition coefficient (Wildman–Crippen LogP) is 2.91. The highest BCUT2D eigenvalue weighted by Gasteiger charge is 2.29. The number of carbonyl (C=O) groups excluding carboxylic acids is 1. The van der Waals surface area contributed by atoms with Gasteiger partial charge in [-0.2, -0.15) is 13.2 Å². The Kier molecular flexibility index (Phi) is 4.89. The van der Waals surface area contributed by atoms with Gasteiger partial charge in [0.15, 0.2) is 18.1 Å². The first-order valence-electron chi connectivity index (χ1n) is 6.13. The molecule has 2 rings (SSSR count). The van der Waals surface area contributed by atoms with Crippen molar-refractivity contribution in [3.63, 3.8) is 0 Å². The van der Waals surface area contributed by atoms with Gasteiger partial charge in [0.1, 0.15) is 5.75 Å². The summed E-state index contributed by atoms with van der Waals surface area (Å²) in [7, 11) is 0. The van der Waals surface area contributed by atoms with Crippen LogP contribution < -0.4 is 15.8 Å². The van der Waals surface area contributed by atoms with Crippen LogP contribution in [0, 0.1) is 0 Å². The zero-order chi connectivity index (χ0) is 17.0. The fourth-order valence-electron chi connectivity index (χ4n) is 1.58. The van der Waals surface area contributed by atoms with E-state index in [1.165, 1.54) is 24.5 Å². The number of benzene rings is 1. The van der Waals surface area contributed by atoms with E-state index in [1.807, 2.05) is 0 Å². The number of nitrogen functional groups attached to an aromatic ring is 1. The molecule has 0 saturated carbocycles. The topological polar surface area (TPSA) is 90.1 Å². The second-order valence-electron chi connectivity index (χ2n) is 4.29. The van der Waals surface area contributed by atoms with E-state index in [-0.39, 0.29) is 28.0 Å². The van der Waals surface area contributed by atoms with Crippen LogP contribution in [0.5, 0.6) is 5.75 Å². The Morgan fingerprint density at radius 2 is 2.00 bits per heavy atom. The van der Waals surface area contributed by atoms with Crippen molar-refractivity contribution >= 4 is 29.0 Å². The van der Waals surface area contributed by atoms with Crippen LogP contribution in [0.2, 0.25) is 5.02 Å². The third-order valence-corrected chi connectivity index (χ3v) is 2.76. The molecule has 0 unspecified atom stereocenters. The zero-order valence-corrected chi connectivity index (χ0v) is 12.1. The van der Waals surface area contributed by atoms with E-state index >= 15 is 0 Å². The molecule has 1 heterocycles. The van der Waals surface area contributed by atoms with Crippen LogP contribution in [0.4, 0.5) is 24.7 Å². The Bertz CT molecular complexity index is 725. The van der Waals surface area contributed by atoms with Crippen molar-refractivity contribution < 1.29 is 22.7 Å². The maximum atomic E-state index is 12.3. The summed E-state index contributed by atoms with van der Waals surface area (Å²) < 4.78 is 41.5. The van der Waals surface area contributed by atoms with Gasteiger partial charge in [0.2, 0.25) is 0 Å². The quantitative estimate of drug-likeness (QED) is 0.888. The number of nitrogens with one attached hydrogen (secondary N) is 1. The molecule has 0 atom stereocenters. The number of nitrogens with two attached hydrogens (primary N) is 1. The minimum atomic E-state index is -4.53.